The standard InChI is InChI=1S/C27H35N3O4S2/c1-4-34-24-10-8-23(9-11-24)28-27-30(16-5-19-33-3)26(20-35-27)22-6-12-25(13-7-22)36(31,32)29-17-14-21(2)15-18-29/h6-13,20-21H,4-5,14-19H2,1-3H3. The van der Waals surface area contributed by atoms with Crippen LogP contribution in [0.5, 0.6) is 5.75 Å². The van der Waals surface area contributed by atoms with Crippen LogP contribution in [0.25, 0.3) is 11.3 Å². The summed E-state index contributed by atoms with van der Waals surface area (Å²) >= 11 is 1.57. The molecular weight excluding hydrogens is 494 g/mol. The summed E-state index contributed by atoms with van der Waals surface area (Å²) in [5, 5.41) is 2.08. The van der Waals surface area contributed by atoms with Gasteiger partial charge in [0.15, 0.2) is 4.80 Å². The molecule has 36 heavy (non-hydrogen) atoms. The first kappa shape index (κ1) is 26.6. The molecule has 2 heterocycles. The van der Waals surface area contributed by atoms with Gasteiger partial charge < -0.3 is 14.0 Å². The smallest absolute Gasteiger partial charge is 0.243 e. The number of thiazole rings is 1. The molecule has 0 unspecified atom stereocenters. The molecular formula is C27H35N3O4S2. The van der Waals surface area contributed by atoms with Gasteiger partial charge >= 0.3 is 0 Å². The Kier molecular flexibility index (Phi) is 9.00. The maximum absolute atomic E-state index is 13.1. The normalized spacial score (nSPS) is 15.9. The summed E-state index contributed by atoms with van der Waals surface area (Å²) in [6.07, 6.45) is 2.67. The van der Waals surface area contributed by atoms with Gasteiger partial charge in [-0.2, -0.15) is 4.31 Å². The summed E-state index contributed by atoms with van der Waals surface area (Å²) < 4.78 is 40.9. The van der Waals surface area contributed by atoms with Gasteiger partial charge in [0, 0.05) is 38.7 Å². The van der Waals surface area contributed by atoms with Gasteiger partial charge in [-0.3, -0.25) is 0 Å². The number of methoxy groups -OCH3 is 1. The molecule has 0 amide bonds. The second-order valence-electron chi connectivity index (χ2n) is 9.05. The monoisotopic (exact) mass is 529 g/mol. The Bertz CT molecular complexity index is 1290. The molecule has 2 aromatic carbocycles. The number of rotatable bonds is 10. The summed E-state index contributed by atoms with van der Waals surface area (Å²) in [4.78, 5) is 6.10. The van der Waals surface area contributed by atoms with E-state index >= 15 is 0 Å². The van der Waals surface area contributed by atoms with E-state index in [1.54, 1.807) is 34.9 Å². The minimum Gasteiger partial charge on any atom is -0.494 e. The molecule has 1 fully saturated rings. The van der Waals surface area contributed by atoms with E-state index in [1.165, 1.54) is 0 Å². The predicted octanol–water partition coefficient (Wildman–Crippen LogP) is 5.30. The van der Waals surface area contributed by atoms with E-state index in [2.05, 4.69) is 16.9 Å². The van der Waals surface area contributed by atoms with Crippen molar-refractivity contribution in [3.05, 3.63) is 58.7 Å². The zero-order chi connectivity index (χ0) is 25.5. The van der Waals surface area contributed by atoms with E-state index < -0.39 is 10.0 Å². The number of piperidine rings is 1. The lowest BCUT2D eigenvalue weighted by Gasteiger charge is -2.29. The number of aromatic nitrogens is 1. The number of sulfonamides is 1. The van der Waals surface area contributed by atoms with Gasteiger partial charge in [0.05, 0.1) is 22.9 Å². The van der Waals surface area contributed by atoms with Gasteiger partial charge in [0.2, 0.25) is 10.0 Å². The Morgan fingerprint density at radius 2 is 1.75 bits per heavy atom. The van der Waals surface area contributed by atoms with Crippen LogP contribution in [-0.2, 0) is 21.3 Å². The fourth-order valence-electron chi connectivity index (χ4n) is 4.30. The minimum atomic E-state index is -3.47. The highest BCUT2D eigenvalue weighted by atomic mass is 32.2. The molecule has 0 bridgehead atoms. The quantitative estimate of drug-likeness (QED) is 0.334. The van der Waals surface area contributed by atoms with E-state index in [0.717, 1.165) is 53.3 Å². The summed E-state index contributed by atoms with van der Waals surface area (Å²) in [6.45, 7) is 7.34. The largest absolute Gasteiger partial charge is 0.494 e. The first-order valence-electron chi connectivity index (χ1n) is 12.5. The van der Waals surface area contributed by atoms with Crippen molar-refractivity contribution in [1.29, 1.82) is 0 Å². The highest BCUT2D eigenvalue weighted by molar-refractivity contribution is 7.89. The SMILES string of the molecule is CCOc1ccc(N=c2scc(-c3ccc(S(=O)(=O)N4CCC(C)CC4)cc3)n2CCCOC)cc1. The van der Waals surface area contributed by atoms with Crippen molar-refractivity contribution in [3.63, 3.8) is 0 Å². The Morgan fingerprint density at radius 3 is 2.39 bits per heavy atom. The second-order valence-corrected chi connectivity index (χ2v) is 11.8. The van der Waals surface area contributed by atoms with Crippen LogP contribution in [0, 0.1) is 5.92 Å². The van der Waals surface area contributed by atoms with E-state index in [4.69, 9.17) is 14.5 Å². The molecule has 0 spiro atoms. The average Bonchev–Trinajstić information content (AvgIpc) is 3.28. The molecule has 0 aliphatic carbocycles. The molecule has 0 N–H and O–H groups in total. The number of nitrogens with zero attached hydrogens (tertiary/aromatic N) is 3. The average molecular weight is 530 g/mol. The van der Waals surface area contributed by atoms with Gasteiger partial charge in [-0.05, 0) is 74.1 Å². The number of hydrogen-bond acceptors (Lipinski definition) is 6. The summed E-state index contributed by atoms with van der Waals surface area (Å²) in [6, 6.07) is 15.0. The van der Waals surface area contributed by atoms with E-state index in [9.17, 15) is 8.42 Å². The van der Waals surface area contributed by atoms with Gasteiger partial charge in [0.1, 0.15) is 5.75 Å². The van der Waals surface area contributed by atoms with Gasteiger partial charge in [-0.25, -0.2) is 13.4 Å². The Morgan fingerprint density at radius 1 is 1.06 bits per heavy atom. The van der Waals surface area contributed by atoms with Crippen molar-refractivity contribution < 1.29 is 17.9 Å². The molecule has 1 aliphatic rings. The highest BCUT2D eigenvalue weighted by Gasteiger charge is 2.28. The van der Waals surface area contributed by atoms with Gasteiger partial charge in [-0.1, -0.05) is 19.1 Å². The maximum atomic E-state index is 13.1. The molecule has 0 atom stereocenters. The van der Waals surface area contributed by atoms with Crippen LogP contribution in [0.3, 0.4) is 0 Å². The third kappa shape index (κ3) is 6.26. The first-order chi connectivity index (χ1) is 17.4. The van der Waals surface area contributed by atoms with Crippen LogP contribution >= 0.6 is 11.3 Å². The maximum Gasteiger partial charge on any atom is 0.243 e. The van der Waals surface area contributed by atoms with Crippen molar-refractivity contribution in [3.8, 4) is 17.0 Å². The molecule has 1 aliphatic heterocycles. The zero-order valence-corrected chi connectivity index (χ0v) is 22.9. The van der Waals surface area contributed by atoms with Crippen molar-refractivity contribution in [2.45, 2.75) is 44.6 Å². The second kappa shape index (κ2) is 12.2. The summed E-state index contributed by atoms with van der Waals surface area (Å²) in [7, 11) is -1.77. The van der Waals surface area contributed by atoms with Crippen LogP contribution in [0.15, 0.2) is 63.8 Å². The molecule has 1 saturated heterocycles. The summed E-state index contributed by atoms with van der Waals surface area (Å²) in [5.41, 5.74) is 2.82. The number of hydrogen-bond donors (Lipinski definition) is 0. The fourth-order valence-corrected chi connectivity index (χ4v) is 6.72. The lowest BCUT2D eigenvalue weighted by molar-refractivity contribution is 0.190. The molecule has 0 radical (unpaired) electrons. The van der Waals surface area contributed by atoms with Crippen LogP contribution in [0.4, 0.5) is 5.69 Å². The zero-order valence-electron chi connectivity index (χ0n) is 21.2. The van der Waals surface area contributed by atoms with Crippen molar-refractivity contribution >= 4 is 27.0 Å². The molecule has 0 saturated carbocycles. The van der Waals surface area contributed by atoms with Crippen molar-refractivity contribution in [1.82, 2.24) is 8.87 Å². The minimum absolute atomic E-state index is 0.348. The van der Waals surface area contributed by atoms with Gasteiger partial charge in [-0.15, -0.1) is 11.3 Å². The molecule has 3 aromatic rings. The van der Waals surface area contributed by atoms with Gasteiger partial charge in [0.25, 0.3) is 0 Å². The summed E-state index contributed by atoms with van der Waals surface area (Å²) in [5.74, 6) is 1.40. The lowest BCUT2D eigenvalue weighted by atomic mass is 10.0. The third-order valence-electron chi connectivity index (χ3n) is 6.43. The van der Waals surface area contributed by atoms with Crippen LogP contribution in [0.1, 0.15) is 33.1 Å². The van der Waals surface area contributed by atoms with Crippen LogP contribution in [0.2, 0.25) is 0 Å². The first-order valence-corrected chi connectivity index (χ1v) is 14.8. The number of benzene rings is 2. The molecule has 7 nitrogen and oxygen atoms in total. The highest BCUT2D eigenvalue weighted by Crippen LogP contribution is 2.27. The number of ether oxygens (including phenoxy) is 2. The van der Waals surface area contributed by atoms with E-state index in [0.29, 0.717) is 37.1 Å². The Hall–Kier alpha value is -2.46. The van der Waals surface area contributed by atoms with E-state index in [-0.39, 0.29) is 0 Å². The molecule has 9 heteroatoms. The van der Waals surface area contributed by atoms with Crippen LogP contribution in [-0.4, -0.2) is 50.7 Å². The molecule has 1 aromatic heterocycles. The van der Waals surface area contributed by atoms with Crippen molar-refractivity contribution in [2.24, 2.45) is 10.9 Å². The topological polar surface area (TPSA) is 73.1 Å². The Labute approximate surface area is 218 Å². The lowest BCUT2D eigenvalue weighted by Crippen LogP contribution is -2.37. The van der Waals surface area contributed by atoms with E-state index in [1.807, 2.05) is 43.3 Å². The fraction of sp³-hybridized carbons (Fsp3) is 0.444. The van der Waals surface area contributed by atoms with Crippen LogP contribution < -0.4 is 9.54 Å². The molecule has 194 valence electrons. The Balaban J connectivity index is 1.62. The predicted molar refractivity (Wildman–Crippen MR) is 144 cm³/mol. The van der Waals surface area contributed by atoms with Crippen molar-refractivity contribution in [2.75, 3.05) is 33.4 Å². The molecule has 4 rings (SSSR count). The third-order valence-corrected chi connectivity index (χ3v) is 9.21.